The van der Waals surface area contributed by atoms with Crippen LogP contribution in [0.1, 0.15) is 96.8 Å². The quantitative estimate of drug-likeness (QED) is 0.145. The second-order valence-corrected chi connectivity index (χ2v) is 6.96. The minimum Gasteiger partial charge on any atom is -0.433 e. The molecule has 0 aromatic carbocycles. The van der Waals surface area contributed by atoms with Gasteiger partial charge in [0.25, 0.3) is 0 Å². The zero-order chi connectivity index (χ0) is 19.5. The molecule has 0 saturated heterocycles. The van der Waals surface area contributed by atoms with Crippen LogP contribution in [-0.4, -0.2) is 40.3 Å². The first kappa shape index (κ1) is 25.1. The van der Waals surface area contributed by atoms with Gasteiger partial charge in [-0.05, 0) is 32.1 Å². The van der Waals surface area contributed by atoms with Crippen LogP contribution in [0.2, 0.25) is 0 Å². The van der Waals surface area contributed by atoms with Crippen molar-refractivity contribution in [2.75, 3.05) is 6.61 Å². The highest BCUT2D eigenvalue weighted by molar-refractivity contribution is 5.69. The number of unbranched alkanes of at least 4 members (excludes halogenated alkanes) is 11. The number of hydrogen-bond donors (Lipinski definition) is 3. The third-order valence-electron chi connectivity index (χ3n) is 4.41. The summed E-state index contributed by atoms with van der Waals surface area (Å²) in [5.74, 6) is -0.552. The number of hydrogen-bond acceptors (Lipinski definition) is 5. The molecule has 0 aliphatic heterocycles. The Balaban J connectivity index is 3.34. The highest BCUT2D eigenvalue weighted by Crippen LogP contribution is 2.11. The zero-order valence-electron chi connectivity index (χ0n) is 16.6. The number of carbonyl (C=O) groups excluding carboxylic acids is 1. The lowest BCUT2D eigenvalue weighted by molar-refractivity contribution is -0.190. The number of allylic oxidation sites excluding steroid dienone is 2. The number of ether oxygens (including phenoxy) is 1. The van der Waals surface area contributed by atoms with E-state index in [1.165, 1.54) is 57.8 Å². The summed E-state index contributed by atoms with van der Waals surface area (Å²) in [7, 11) is 0. The minimum absolute atomic E-state index is 0.210. The third-order valence-corrected chi connectivity index (χ3v) is 4.41. The van der Waals surface area contributed by atoms with E-state index in [9.17, 15) is 9.90 Å². The maximum Gasteiger partial charge on any atom is 0.308 e. The van der Waals surface area contributed by atoms with E-state index >= 15 is 0 Å². The lowest BCUT2D eigenvalue weighted by Gasteiger charge is -2.15. The second-order valence-electron chi connectivity index (χ2n) is 6.96. The molecule has 0 saturated carbocycles. The summed E-state index contributed by atoms with van der Waals surface area (Å²) in [4.78, 5) is 11.4. The summed E-state index contributed by atoms with van der Waals surface area (Å²) in [5, 5.41) is 27.0. The fourth-order valence-electron chi connectivity index (χ4n) is 2.70. The molecule has 3 N–H and O–H groups in total. The molecule has 0 aromatic rings. The van der Waals surface area contributed by atoms with Crippen LogP contribution in [0.15, 0.2) is 12.2 Å². The molecule has 0 aromatic heterocycles. The van der Waals surface area contributed by atoms with Gasteiger partial charge in [0, 0.05) is 6.42 Å². The average Bonchev–Trinajstić information content (AvgIpc) is 2.64. The van der Waals surface area contributed by atoms with Gasteiger partial charge in [-0.2, -0.15) is 0 Å². The molecular formula is C21H40O5. The van der Waals surface area contributed by atoms with Crippen molar-refractivity contribution >= 4 is 5.97 Å². The summed E-state index contributed by atoms with van der Waals surface area (Å²) < 4.78 is 4.61. The summed E-state index contributed by atoms with van der Waals surface area (Å²) in [6.07, 6.45) is 17.3. The van der Waals surface area contributed by atoms with Gasteiger partial charge in [0.05, 0.1) is 6.61 Å². The van der Waals surface area contributed by atoms with Crippen LogP contribution in [0.5, 0.6) is 0 Å². The molecule has 0 spiro atoms. The maximum absolute atomic E-state index is 11.4. The smallest absolute Gasteiger partial charge is 0.308 e. The lowest BCUT2D eigenvalue weighted by atomic mass is 10.1. The molecule has 0 aliphatic carbocycles. The van der Waals surface area contributed by atoms with Crippen LogP contribution in [0.25, 0.3) is 0 Å². The molecule has 2 unspecified atom stereocenters. The van der Waals surface area contributed by atoms with Crippen molar-refractivity contribution in [2.24, 2.45) is 0 Å². The zero-order valence-corrected chi connectivity index (χ0v) is 16.6. The first-order valence-electron chi connectivity index (χ1n) is 10.4. The Labute approximate surface area is 159 Å². The van der Waals surface area contributed by atoms with E-state index in [2.05, 4.69) is 23.8 Å². The van der Waals surface area contributed by atoms with E-state index in [1.807, 2.05) is 0 Å². The Hall–Kier alpha value is -0.910. The summed E-state index contributed by atoms with van der Waals surface area (Å²) >= 11 is 0. The second kappa shape index (κ2) is 18.9. The van der Waals surface area contributed by atoms with Crippen LogP contribution in [0.3, 0.4) is 0 Å². The summed E-state index contributed by atoms with van der Waals surface area (Å²) in [6, 6.07) is 0. The minimum atomic E-state index is -1.65. The summed E-state index contributed by atoms with van der Waals surface area (Å²) in [6.45, 7) is 1.61. The summed E-state index contributed by atoms with van der Waals surface area (Å²) in [5.41, 5.74) is 0. The van der Waals surface area contributed by atoms with Crippen LogP contribution in [0, 0.1) is 0 Å². The molecule has 0 bridgehead atoms. The van der Waals surface area contributed by atoms with Gasteiger partial charge in [-0.1, -0.05) is 70.4 Å². The van der Waals surface area contributed by atoms with Gasteiger partial charge in [-0.3, -0.25) is 4.79 Å². The van der Waals surface area contributed by atoms with Gasteiger partial charge in [0.15, 0.2) is 0 Å². The first-order chi connectivity index (χ1) is 12.6. The van der Waals surface area contributed by atoms with Gasteiger partial charge in [-0.25, -0.2) is 0 Å². The molecule has 0 fully saturated rings. The molecule has 26 heavy (non-hydrogen) atoms. The molecule has 5 nitrogen and oxygen atoms in total. The molecule has 5 heteroatoms. The average molecular weight is 373 g/mol. The first-order valence-corrected chi connectivity index (χ1v) is 10.4. The van der Waals surface area contributed by atoms with Crippen molar-refractivity contribution in [2.45, 2.75) is 109 Å². The van der Waals surface area contributed by atoms with E-state index in [-0.39, 0.29) is 6.42 Å². The van der Waals surface area contributed by atoms with Gasteiger partial charge in [0.1, 0.15) is 6.10 Å². The van der Waals surface area contributed by atoms with E-state index in [0.717, 1.165) is 19.3 Å². The number of carbonyl (C=O) groups is 1. The van der Waals surface area contributed by atoms with E-state index in [0.29, 0.717) is 6.42 Å². The van der Waals surface area contributed by atoms with E-state index in [4.69, 9.17) is 10.2 Å². The van der Waals surface area contributed by atoms with Crippen molar-refractivity contribution in [1.82, 2.24) is 0 Å². The number of esters is 1. The Kier molecular flexibility index (Phi) is 18.2. The van der Waals surface area contributed by atoms with Gasteiger partial charge < -0.3 is 20.1 Å². The fourth-order valence-corrected chi connectivity index (χ4v) is 2.70. The van der Waals surface area contributed by atoms with Crippen LogP contribution in [-0.2, 0) is 9.53 Å². The van der Waals surface area contributed by atoms with Crippen molar-refractivity contribution in [3.05, 3.63) is 12.2 Å². The molecule has 0 radical (unpaired) electrons. The Morgan fingerprint density at radius 1 is 0.846 bits per heavy atom. The molecule has 2 atom stereocenters. The van der Waals surface area contributed by atoms with Gasteiger partial charge >= 0.3 is 5.97 Å². The standard InChI is InChI=1S/C21H40O5/c1-2-3-4-5-6-7-8-9-10-11-12-13-14-15-16-17-20(24)26-21(25)19(23)18-22/h12-13,19,21-23,25H,2-11,14-18H2,1H3/b13-12+. The lowest BCUT2D eigenvalue weighted by Crippen LogP contribution is -2.33. The van der Waals surface area contributed by atoms with Crippen molar-refractivity contribution in [3.63, 3.8) is 0 Å². The molecule has 0 rings (SSSR count). The molecule has 0 aliphatic rings. The highest BCUT2D eigenvalue weighted by Gasteiger charge is 2.19. The predicted octanol–water partition coefficient (Wildman–Crippen LogP) is 4.24. The Morgan fingerprint density at radius 3 is 1.88 bits per heavy atom. The monoisotopic (exact) mass is 372 g/mol. The van der Waals surface area contributed by atoms with Crippen molar-refractivity contribution < 1.29 is 24.9 Å². The topological polar surface area (TPSA) is 87.0 Å². The fraction of sp³-hybridized carbons (Fsp3) is 0.857. The highest BCUT2D eigenvalue weighted by atomic mass is 16.6. The van der Waals surface area contributed by atoms with Gasteiger partial charge in [-0.15, -0.1) is 0 Å². The number of aliphatic hydroxyl groups excluding tert-OH is 3. The van der Waals surface area contributed by atoms with E-state index < -0.39 is 25.0 Å². The SMILES string of the molecule is CCCCCCCCCCC/C=C/CCCCC(=O)OC(O)C(O)CO. The van der Waals surface area contributed by atoms with Crippen LogP contribution >= 0.6 is 0 Å². The molecule has 0 amide bonds. The van der Waals surface area contributed by atoms with Gasteiger partial charge in [0.2, 0.25) is 6.29 Å². The van der Waals surface area contributed by atoms with Crippen LogP contribution < -0.4 is 0 Å². The van der Waals surface area contributed by atoms with Crippen molar-refractivity contribution in [1.29, 1.82) is 0 Å². The predicted molar refractivity (Wildman–Crippen MR) is 105 cm³/mol. The third kappa shape index (κ3) is 16.6. The van der Waals surface area contributed by atoms with Crippen LogP contribution in [0.4, 0.5) is 0 Å². The Morgan fingerprint density at radius 2 is 1.35 bits per heavy atom. The molecule has 0 heterocycles. The Bertz CT molecular complexity index is 343. The number of rotatable bonds is 18. The molecule has 154 valence electrons. The van der Waals surface area contributed by atoms with Crippen molar-refractivity contribution in [3.8, 4) is 0 Å². The largest absolute Gasteiger partial charge is 0.433 e. The number of aliphatic hydroxyl groups is 3. The van der Waals surface area contributed by atoms with E-state index in [1.54, 1.807) is 0 Å². The maximum atomic E-state index is 11.4. The molecular weight excluding hydrogens is 332 g/mol. The normalized spacial score (nSPS) is 13.8.